The smallest absolute Gasteiger partial charge is 0.262 e. The molecule has 28 heavy (non-hydrogen) atoms. The van der Waals surface area contributed by atoms with Crippen molar-refractivity contribution in [2.45, 2.75) is 69.3 Å². The Bertz CT molecular complexity index is 892. The van der Waals surface area contributed by atoms with Crippen LogP contribution in [0.25, 0.3) is 10.9 Å². The normalized spacial score (nSPS) is 16.7. The van der Waals surface area contributed by atoms with E-state index in [1.54, 1.807) is 19.1 Å². The standard InChI is InChI=1S/C20H26BrN3O3S/c1-13(25)11-24-19(27)16-10-14(21)8-9-17(16)23-20(24)28-12-18(26)22-15-6-4-2-3-5-7-15/h8-10,13,15,25H,2-7,11-12H2,1H3,(H,22,26)/t13-/m0/s1. The number of hydrogen-bond acceptors (Lipinski definition) is 5. The third-order valence-corrected chi connectivity index (χ3v) is 6.35. The molecule has 1 heterocycles. The Morgan fingerprint density at radius 1 is 1.36 bits per heavy atom. The van der Waals surface area contributed by atoms with E-state index in [-0.39, 0.29) is 29.8 Å². The molecule has 1 aromatic carbocycles. The molecular weight excluding hydrogens is 442 g/mol. The van der Waals surface area contributed by atoms with E-state index in [2.05, 4.69) is 26.2 Å². The van der Waals surface area contributed by atoms with Crippen LogP contribution in [0.3, 0.4) is 0 Å². The lowest BCUT2D eigenvalue weighted by Gasteiger charge is -2.17. The summed E-state index contributed by atoms with van der Waals surface area (Å²) in [4.78, 5) is 29.9. The number of carbonyl (C=O) groups excluding carboxylic acids is 1. The fourth-order valence-corrected chi connectivity index (χ4v) is 4.71. The first-order valence-electron chi connectivity index (χ1n) is 9.74. The van der Waals surface area contributed by atoms with E-state index in [9.17, 15) is 14.7 Å². The highest BCUT2D eigenvalue weighted by Gasteiger charge is 2.17. The van der Waals surface area contributed by atoms with E-state index >= 15 is 0 Å². The molecule has 0 unspecified atom stereocenters. The first-order valence-corrected chi connectivity index (χ1v) is 11.5. The molecule has 2 N–H and O–H groups in total. The van der Waals surface area contributed by atoms with Crippen LogP contribution in [0.1, 0.15) is 45.4 Å². The van der Waals surface area contributed by atoms with Crippen LogP contribution in [0.5, 0.6) is 0 Å². The van der Waals surface area contributed by atoms with Gasteiger partial charge in [0, 0.05) is 10.5 Å². The highest BCUT2D eigenvalue weighted by Crippen LogP contribution is 2.21. The lowest BCUT2D eigenvalue weighted by Crippen LogP contribution is -2.36. The van der Waals surface area contributed by atoms with Gasteiger partial charge in [-0.3, -0.25) is 14.2 Å². The van der Waals surface area contributed by atoms with Crippen LogP contribution in [0, 0.1) is 0 Å². The number of rotatable bonds is 6. The molecule has 0 spiro atoms. The van der Waals surface area contributed by atoms with E-state index in [1.807, 2.05) is 6.07 Å². The maximum Gasteiger partial charge on any atom is 0.262 e. The Hall–Kier alpha value is -1.38. The third-order valence-electron chi connectivity index (χ3n) is 4.88. The molecule has 1 aliphatic carbocycles. The van der Waals surface area contributed by atoms with Crippen LogP contribution in [0.4, 0.5) is 0 Å². The number of amides is 1. The lowest BCUT2D eigenvalue weighted by molar-refractivity contribution is -0.119. The average molecular weight is 468 g/mol. The summed E-state index contributed by atoms with van der Waals surface area (Å²) in [6.45, 7) is 1.77. The fourth-order valence-electron chi connectivity index (χ4n) is 3.53. The molecule has 1 atom stereocenters. The number of carbonyl (C=O) groups is 1. The SMILES string of the molecule is C[C@H](O)Cn1c(SCC(=O)NC2CCCCCC2)nc2ccc(Br)cc2c1=O. The number of aromatic nitrogens is 2. The van der Waals surface area contributed by atoms with Crippen molar-refractivity contribution in [1.82, 2.24) is 14.9 Å². The number of thioether (sulfide) groups is 1. The third kappa shape index (κ3) is 5.58. The van der Waals surface area contributed by atoms with Gasteiger partial charge < -0.3 is 10.4 Å². The number of fused-ring (bicyclic) bond motifs is 1. The second kappa shape index (κ2) is 9.89. The molecule has 0 radical (unpaired) electrons. The van der Waals surface area contributed by atoms with Gasteiger partial charge in [0.15, 0.2) is 5.16 Å². The molecule has 1 aromatic heterocycles. The van der Waals surface area contributed by atoms with Gasteiger partial charge >= 0.3 is 0 Å². The number of aliphatic hydroxyl groups excluding tert-OH is 1. The van der Waals surface area contributed by atoms with Crippen LogP contribution in [-0.2, 0) is 11.3 Å². The number of benzene rings is 1. The van der Waals surface area contributed by atoms with Gasteiger partial charge in [0.25, 0.3) is 5.56 Å². The van der Waals surface area contributed by atoms with Crippen molar-refractivity contribution in [2.75, 3.05) is 5.75 Å². The summed E-state index contributed by atoms with van der Waals surface area (Å²) < 4.78 is 2.26. The molecule has 1 fully saturated rings. The van der Waals surface area contributed by atoms with Crippen LogP contribution in [-0.4, -0.2) is 38.5 Å². The van der Waals surface area contributed by atoms with Gasteiger partial charge in [-0.25, -0.2) is 4.98 Å². The largest absolute Gasteiger partial charge is 0.392 e. The predicted octanol–water partition coefficient (Wildman–Crippen LogP) is 3.47. The summed E-state index contributed by atoms with van der Waals surface area (Å²) >= 11 is 4.62. The average Bonchev–Trinajstić information content (AvgIpc) is 2.91. The lowest BCUT2D eigenvalue weighted by atomic mass is 10.1. The number of hydrogen-bond donors (Lipinski definition) is 2. The Morgan fingerprint density at radius 2 is 2.07 bits per heavy atom. The Kier molecular flexibility index (Phi) is 7.54. The second-order valence-corrected chi connectivity index (χ2v) is 9.22. The van der Waals surface area contributed by atoms with Crippen molar-refractivity contribution in [3.8, 4) is 0 Å². The number of aliphatic hydroxyl groups is 1. The van der Waals surface area contributed by atoms with Gasteiger partial charge in [0.1, 0.15) is 0 Å². The molecule has 0 bridgehead atoms. The van der Waals surface area contributed by atoms with Gasteiger partial charge in [-0.05, 0) is 38.0 Å². The van der Waals surface area contributed by atoms with Crippen LogP contribution in [0.2, 0.25) is 0 Å². The summed E-state index contributed by atoms with van der Waals surface area (Å²) in [5, 5.41) is 13.9. The first-order chi connectivity index (χ1) is 13.4. The topological polar surface area (TPSA) is 84.2 Å². The van der Waals surface area contributed by atoms with Crippen molar-refractivity contribution in [1.29, 1.82) is 0 Å². The van der Waals surface area contributed by atoms with Crippen molar-refractivity contribution in [3.63, 3.8) is 0 Å². The minimum atomic E-state index is -0.691. The zero-order chi connectivity index (χ0) is 20.1. The van der Waals surface area contributed by atoms with Gasteiger partial charge in [0.2, 0.25) is 5.91 Å². The summed E-state index contributed by atoms with van der Waals surface area (Å²) in [7, 11) is 0. The van der Waals surface area contributed by atoms with Crippen molar-refractivity contribution >= 4 is 44.5 Å². The van der Waals surface area contributed by atoms with Crippen LogP contribution < -0.4 is 10.9 Å². The Balaban J connectivity index is 1.78. The molecule has 0 aliphatic heterocycles. The minimum absolute atomic E-state index is 0.0364. The van der Waals surface area contributed by atoms with Crippen molar-refractivity contribution in [3.05, 3.63) is 33.0 Å². The molecule has 1 aliphatic rings. The highest BCUT2D eigenvalue weighted by atomic mass is 79.9. The Labute approximate surface area is 177 Å². The maximum absolute atomic E-state index is 12.9. The summed E-state index contributed by atoms with van der Waals surface area (Å²) in [6, 6.07) is 5.60. The molecule has 0 saturated heterocycles. The zero-order valence-electron chi connectivity index (χ0n) is 16.0. The molecule has 1 saturated carbocycles. The van der Waals surface area contributed by atoms with Crippen molar-refractivity contribution in [2.24, 2.45) is 0 Å². The second-order valence-electron chi connectivity index (χ2n) is 7.37. The minimum Gasteiger partial charge on any atom is -0.392 e. The number of halogens is 1. The molecule has 2 aromatic rings. The molecule has 3 rings (SSSR count). The maximum atomic E-state index is 12.9. The predicted molar refractivity (Wildman–Crippen MR) is 116 cm³/mol. The summed E-state index contributed by atoms with van der Waals surface area (Å²) in [6.07, 6.45) is 6.18. The summed E-state index contributed by atoms with van der Waals surface area (Å²) in [5.41, 5.74) is 0.376. The van der Waals surface area contributed by atoms with Gasteiger partial charge in [-0.1, -0.05) is 53.4 Å². The molecular formula is C20H26BrN3O3S. The van der Waals surface area contributed by atoms with Gasteiger partial charge in [-0.15, -0.1) is 0 Å². The molecule has 152 valence electrons. The number of nitrogens with one attached hydrogen (secondary N) is 1. The Morgan fingerprint density at radius 3 is 2.75 bits per heavy atom. The van der Waals surface area contributed by atoms with E-state index in [0.29, 0.717) is 16.1 Å². The zero-order valence-corrected chi connectivity index (χ0v) is 18.4. The molecule has 1 amide bonds. The molecule has 8 heteroatoms. The van der Waals surface area contributed by atoms with Gasteiger partial charge in [-0.2, -0.15) is 0 Å². The quantitative estimate of drug-likeness (QED) is 0.385. The first kappa shape index (κ1) is 21.3. The van der Waals surface area contributed by atoms with Crippen LogP contribution >= 0.6 is 27.7 Å². The van der Waals surface area contributed by atoms with Crippen molar-refractivity contribution < 1.29 is 9.90 Å². The molecule has 6 nitrogen and oxygen atoms in total. The van der Waals surface area contributed by atoms with Crippen LogP contribution in [0.15, 0.2) is 32.6 Å². The van der Waals surface area contributed by atoms with Gasteiger partial charge in [0.05, 0.1) is 29.3 Å². The van der Waals surface area contributed by atoms with E-state index < -0.39 is 6.10 Å². The fraction of sp³-hybridized carbons (Fsp3) is 0.550. The van der Waals surface area contributed by atoms with E-state index in [1.165, 1.54) is 29.2 Å². The number of nitrogens with zero attached hydrogens (tertiary/aromatic N) is 2. The summed E-state index contributed by atoms with van der Waals surface area (Å²) in [5.74, 6) is 0.163. The van der Waals surface area contributed by atoms with E-state index in [0.717, 1.165) is 30.2 Å². The monoisotopic (exact) mass is 467 g/mol. The van der Waals surface area contributed by atoms with E-state index in [4.69, 9.17) is 0 Å². The highest BCUT2D eigenvalue weighted by molar-refractivity contribution is 9.10.